The van der Waals surface area contributed by atoms with Gasteiger partial charge in [0.05, 0.1) is 6.42 Å². The van der Waals surface area contributed by atoms with Gasteiger partial charge in [0, 0.05) is 0 Å². The van der Waals surface area contributed by atoms with Crippen molar-refractivity contribution < 1.29 is 13.9 Å². The topological polar surface area (TPSA) is 26.3 Å². The third-order valence-electron chi connectivity index (χ3n) is 1.56. The van der Waals surface area contributed by atoms with Crippen LogP contribution in [0.2, 0.25) is 0 Å². The Kier molecular flexibility index (Phi) is 4.07. The maximum atomic E-state index is 12.5. The molecule has 1 aromatic rings. The van der Waals surface area contributed by atoms with Crippen molar-refractivity contribution >= 4 is 21.9 Å². The predicted octanol–water partition coefficient (Wildman–Crippen LogP) is 2.65. The van der Waals surface area contributed by atoms with E-state index in [1.54, 1.807) is 19.1 Å². The summed E-state index contributed by atoms with van der Waals surface area (Å²) in [5, 5.41) is -0.296. The van der Waals surface area contributed by atoms with Gasteiger partial charge in [-0.25, -0.2) is 4.39 Å². The van der Waals surface area contributed by atoms with E-state index in [2.05, 4.69) is 15.9 Å². The zero-order valence-electron chi connectivity index (χ0n) is 7.67. The first-order valence-corrected chi connectivity index (χ1v) is 5.07. The van der Waals surface area contributed by atoms with Crippen molar-refractivity contribution in [3.63, 3.8) is 0 Å². The Morgan fingerprint density at radius 3 is 2.57 bits per heavy atom. The van der Waals surface area contributed by atoms with Gasteiger partial charge in [0.1, 0.15) is 5.82 Å². The van der Waals surface area contributed by atoms with Gasteiger partial charge in [-0.2, -0.15) is 0 Å². The molecule has 0 spiro atoms. The highest BCUT2D eigenvalue weighted by Gasteiger charge is 2.07. The van der Waals surface area contributed by atoms with Gasteiger partial charge in [0.15, 0.2) is 5.01 Å². The molecule has 0 amide bonds. The van der Waals surface area contributed by atoms with Crippen LogP contribution in [0.3, 0.4) is 0 Å². The molecule has 0 aromatic heterocycles. The molecule has 1 aromatic carbocycles. The van der Waals surface area contributed by atoms with Crippen LogP contribution in [0.4, 0.5) is 4.39 Å². The lowest BCUT2D eigenvalue weighted by atomic mass is 10.1. The minimum atomic E-state index is -0.332. The molecule has 0 radical (unpaired) electrons. The molecule has 0 N–H and O–H groups in total. The van der Waals surface area contributed by atoms with Crippen LogP contribution in [0.5, 0.6) is 0 Å². The van der Waals surface area contributed by atoms with Crippen LogP contribution in [0, 0.1) is 5.82 Å². The number of halogens is 2. The highest BCUT2D eigenvalue weighted by Crippen LogP contribution is 2.06. The Labute approximate surface area is 90.2 Å². The Hall–Kier alpha value is -0.900. The fourth-order valence-corrected chi connectivity index (χ4v) is 1.20. The molecule has 0 saturated heterocycles. The lowest BCUT2D eigenvalue weighted by Gasteiger charge is -2.06. The minimum Gasteiger partial charge on any atom is -0.451 e. The van der Waals surface area contributed by atoms with E-state index in [9.17, 15) is 9.18 Å². The highest BCUT2D eigenvalue weighted by molar-refractivity contribution is 9.09. The van der Waals surface area contributed by atoms with E-state index >= 15 is 0 Å². The first-order chi connectivity index (χ1) is 6.58. The molecule has 0 bridgehead atoms. The molecular weight excluding hydrogens is 251 g/mol. The maximum Gasteiger partial charge on any atom is 0.311 e. The van der Waals surface area contributed by atoms with Crippen LogP contribution < -0.4 is 0 Å². The molecule has 0 aliphatic carbocycles. The summed E-state index contributed by atoms with van der Waals surface area (Å²) in [5.41, 5.74) is 0.740. The van der Waals surface area contributed by atoms with Gasteiger partial charge in [0.25, 0.3) is 0 Å². The summed E-state index contributed by atoms with van der Waals surface area (Å²) in [6.45, 7) is 1.71. The Morgan fingerprint density at radius 1 is 1.50 bits per heavy atom. The number of carbonyl (C=O) groups is 1. The van der Waals surface area contributed by atoms with Crippen LogP contribution in [0.15, 0.2) is 24.3 Å². The first kappa shape index (κ1) is 11.2. The number of hydrogen-bond donors (Lipinski definition) is 0. The summed E-state index contributed by atoms with van der Waals surface area (Å²) in [6.07, 6.45) is 0.163. The average Bonchev–Trinajstić information content (AvgIpc) is 2.07. The van der Waals surface area contributed by atoms with E-state index < -0.39 is 0 Å². The highest BCUT2D eigenvalue weighted by atomic mass is 79.9. The summed E-state index contributed by atoms with van der Waals surface area (Å²) in [4.78, 5) is 11.2. The zero-order chi connectivity index (χ0) is 10.6. The van der Waals surface area contributed by atoms with Crippen LogP contribution in [0.25, 0.3) is 0 Å². The summed E-state index contributed by atoms with van der Waals surface area (Å²) < 4.78 is 17.4. The normalized spacial score (nSPS) is 12.2. The number of rotatable bonds is 3. The third-order valence-corrected chi connectivity index (χ3v) is 1.74. The van der Waals surface area contributed by atoms with Crippen LogP contribution in [0.1, 0.15) is 12.5 Å². The number of alkyl halides is 1. The van der Waals surface area contributed by atoms with E-state index in [0.29, 0.717) is 0 Å². The number of esters is 1. The molecular formula is C10H10BrFO2. The Balaban J connectivity index is 2.52. The van der Waals surface area contributed by atoms with Gasteiger partial charge in [-0.3, -0.25) is 4.79 Å². The fraction of sp³-hybridized carbons (Fsp3) is 0.300. The summed E-state index contributed by atoms with van der Waals surface area (Å²) in [5.74, 6) is -0.642. The zero-order valence-corrected chi connectivity index (χ0v) is 9.25. The Bertz CT molecular complexity index is 308. The van der Waals surface area contributed by atoms with E-state index in [-0.39, 0.29) is 23.2 Å². The SMILES string of the molecule is CC(Br)OC(=O)Cc1ccc(F)cc1. The van der Waals surface area contributed by atoms with E-state index in [1.165, 1.54) is 12.1 Å². The van der Waals surface area contributed by atoms with Crippen molar-refractivity contribution in [2.75, 3.05) is 0 Å². The first-order valence-electron chi connectivity index (χ1n) is 4.16. The molecule has 0 saturated carbocycles. The van der Waals surface area contributed by atoms with E-state index in [4.69, 9.17) is 4.74 Å². The fourth-order valence-electron chi connectivity index (χ4n) is 0.992. The van der Waals surface area contributed by atoms with Gasteiger partial charge in [-0.1, -0.05) is 12.1 Å². The largest absolute Gasteiger partial charge is 0.451 e. The van der Waals surface area contributed by atoms with Crippen LogP contribution in [-0.4, -0.2) is 11.0 Å². The van der Waals surface area contributed by atoms with Gasteiger partial charge in [-0.05, 0) is 40.5 Å². The average molecular weight is 261 g/mol. The number of hydrogen-bond acceptors (Lipinski definition) is 2. The van der Waals surface area contributed by atoms with E-state index in [1.807, 2.05) is 0 Å². The summed E-state index contributed by atoms with van der Waals surface area (Å²) >= 11 is 3.10. The number of carbonyl (C=O) groups excluding carboxylic acids is 1. The number of benzene rings is 1. The van der Waals surface area contributed by atoms with Gasteiger partial charge >= 0.3 is 5.97 Å². The summed E-state index contributed by atoms with van der Waals surface area (Å²) in [6, 6.07) is 5.77. The molecule has 0 aliphatic heterocycles. The van der Waals surface area contributed by atoms with Crippen molar-refractivity contribution in [2.45, 2.75) is 18.4 Å². The monoisotopic (exact) mass is 260 g/mol. The molecule has 1 rings (SSSR count). The number of ether oxygens (including phenoxy) is 1. The second-order valence-corrected chi connectivity index (χ2v) is 4.13. The van der Waals surface area contributed by atoms with Crippen molar-refractivity contribution in [3.05, 3.63) is 35.6 Å². The third kappa shape index (κ3) is 3.87. The van der Waals surface area contributed by atoms with Gasteiger partial charge in [-0.15, -0.1) is 0 Å². The van der Waals surface area contributed by atoms with Crippen molar-refractivity contribution in [1.29, 1.82) is 0 Å². The molecule has 0 heterocycles. The molecule has 1 atom stereocenters. The van der Waals surface area contributed by atoms with Gasteiger partial charge in [0.2, 0.25) is 0 Å². The maximum absolute atomic E-state index is 12.5. The molecule has 14 heavy (non-hydrogen) atoms. The molecule has 0 aliphatic rings. The van der Waals surface area contributed by atoms with Gasteiger partial charge < -0.3 is 4.74 Å². The molecule has 1 unspecified atom stereocenters. The van der Waals surface area contributed by atoms with Crippen molar-refractivity contribution in [3.8, 4) is 0 Å². The molecule has 2 nitrogen and oxygen atoms in total. The minimum absolute atomic E-state index is 0.163. The second kappa shape index (κ2) is 5.10. The Morgan fingerprint density at radius 2 is 2.07 bits per heavy atom. The quantitative estimate of drug-likeness (QED) is 0.617. The van der Waals surface area contributed by atoms with Crippen LogP contribution >= 0.6 is 15.9 Å². The van der Waals surface area contributed by atoms with Crippen molar-refractivity contribution in [2.24, 2.45) is 0 Å². The lowest BCUT2D eigenvalue weighted by Crippen LogP contribution is -2.11. The molecule has 76 valence electrons. The van der Waals surface area contributed by atoms with Crippen LogP contribution in [-0.2, 0) is 16.0 Å². The molecule has 4 heteroatoms. The van der Waals surface area contributed by atoms with Crippen molar-refractivity contribution in [1.82, 2.24) is 0 Å². The smallest absolute Gasteiger partial charge is 0.311 e. The molecule has 0 fully saturated rings. The van der Waals surface area contributed by atoms with E-state index in [0.717, 1.165) is 5.56 Å². The standard InChI is InChI=1S/C10H10BrFO2/c1-7(11)14-10(13)6-8-2-4-9(12)5-3-8/h2-5,7H,6H2,1H3. The second-order valence-electron chi connectivity index (χ2n) is 2.84. The predicted molar refractivity (Wildman–Crippen MR) is 54.6 cm³/mol. The summed E-state index contributed by atoms with van der Waals surface area (Å²) in [7, 11) is 0. The lowest BCUT2D eigenvalue weighted by molar-refractivity contribution is -0.143.